The number of aliphatic hydroxyl groups is 2. The fourth-order valence-corrected chi connectivity index (χ4v) is 6.20. The van der Waals surface area contributed by atoms with Crippen molar-refractivity contribution >= 4 is 12.0 Å². The molecule has 0 spiro atoms. The molecular weight excluding hydrogens is 480 g/mol. The summed E-state index contributed by atoms with van der Waals surface area (Å²) in [5, 5.41) is 24.8. The third-order valence-corrected chi connectivity index (χ3v) is 8.72. The number of amides is 2. The highest BCUT2D eigenvalue weighted by Crippen LogP contribution is 2.42. The predicted molar refractivity (Wildman–Crippen MR) is 147 cm³/mol. The monoisotopic (exact) mass is 522 g/mol. The number of nitrogens with one attached hydrogen (secondary N) is 1. The first-order valence-corrected chi connectivity index (χ1v) is 14.1. The van der Waals surface area contributed by atoms with Crippen molar-refractivity contribution in [3.63, 3.8) is 0 Å². The van der Waals surface area contributed by atoms with Crippen molar-refractivity contribution in [3.8, 4) is 5.75 Å². The van der Waals surface area contributed by atoms with Gasteiger partial charge in [0.1, 0.15) is 11.4 Å². The van der Waals surface area contributed by atoms with Crippen LogP contribution in [0, 0.1) is 5.41 Å². The summed E-state index contributed by atoms with van der Waals surface area (Å²) >= 11 is 0. The first kappa shape index (κ1) is 28.3. The Hall–Kier alpha value is -2.74. The molecule has 3 atom stereocenters. The van der Waals surface area contributed by atoms with Gasteiger partial charge in [-0.15, -0.1) is 0 Å². The summed E-state index contributed by atoms with van der Waals surface area (Å²) in [4.78, 5) is 27.0. The van der Waals surface area contributed by atoms with Gasteiger partial charge in [-0.05, 0) is 74.2 Å². The molecule has 206 valence electrons. The van der Waals surface area contributed by atoms with E-state index in [2.05, 4.69) is 17.1 Å². The average molecular weight is 523 g/mol. The molecule has 3 N–H and O–H groups in total. The molecule has 0 aromatic heterocycles. The summed E-state index contributed by atoms with van der Waals surface area (Å²) in [6.45, 7) is 5.31. The number of likely N-dealkylation sites (tertiary alicyclic amines) is 1. The molecule has 2 aromatic carbocycles. The largest absolute Gasteiger partial charge is 0.419 e. The Labute approximate surface area is 226 Å². The zero-order valence-electron chi connectivity index (χ0n) is 22.7. The minimum Gasteiger partial charge on any atom is -0.410 e. The molecule has 38 heavy (non-hydrogen) atoms. The van der Waals surface area contributed by atoms with Crippen LogP contribution in [0.5, 0.6) is 5.75 Å². The number of piperidine rings is 1. The lowest BCUT2D eigenvalue weighted by atomic mass is 9.70. The van der Waals surface area contributed by atoms with Gasteiger partial charge in [0.15, 0.2) is 0 Å². The van der Waals surface area contributed by atoms with E-state index in [1.54, 1.807) is 24.3 Å². The summed E-state index contributed by atoms with van der Waals surface area (Å²) in [7, 11) is 0. The number of carbonyl (C=O) groups excluding carboxylic acids is 2. The molecule has 1 aliphatic heterocycles. The maximum atomic E-state index is 12.5. The summed E-state index contributed by atoms with van der Waals surface area (Å²) in [5.74, 6) is 0.00908. The molecule has 1 saturated carbocycles. The molecule has 1 heterocycles. The van der Waals surface area contributed by atoms with E-state index >= 15 is 0 Å². The van der Waals surface area contributed by atoms with Crippen LogP contribution in [0.15, 0.2) is 54.6 Å². The van der Waals surface area contributed by atoms with E-state index in [1.807, 2.05) is 37.3 Å². The van der Waals surface area contributed by atoms with Crippen LogP contribution in [-0.2, 0) is 10.4 Å². The molecule has 0 radical (unpaired) electrons. The number of β-amino-alcohol motifs (C(OH)–C–C–N with tert-alkyl or cyclic N) is 1. The molecular formula is C31H42N2O5. The molecule has 3 unspecified atom stereocenters. The van der Waals surface area contributed by atoms with Gasteiger partial charge in [0.25, 0.3) is 0 Å². The average Bonchev–Trinajstić information content (AvgIpc) is 2.93. The van der Waals surface area contributed by atoms with Crippen molar-refractivity contribution < 1.29 is 24.5 Å². The molecule has 1 aliphatic carbocycles. The lowest BCUT2D eigenvalue weighted by molar-refractivity contribution is -0.123. The molecule has 2 fully saturated rings. The highest BCUT2D eigenvalue weighted by molar-refractivity contribution is 5.92. The van der Waals surface area contributed by atoms with Crippen LogP contribution in [0.1, 0.15) is 88.9 Å². The van der Waals surface area contributed by atoms with Crippen LogP contribution in [0.2, 0.25) is 0 Å². The number of carbonyl (C=O) groups is 2. The standard InChI is InChI=1S/C31H42N2O5/c1-3-30(17-8-5-9-18-30)21-27(34)32-29(36)38-26-15-13-24(14-16-26)28(35)23(2)33-20-10-19-31(37,22-33)25-11-6-4-7-12-25/h4,6-7,11-16,23,28,35,37H,3,5,8-10,17-22H2,1-2H3,(H,32,34,36). The maximum Gasteiger partial charge on any atom is 0.419 e. The lowest BCUT2D eigenvalue weighted by Crippen LogP contribution is -2.50. The van der Waals surface area contributed by atoms with Gasteiger partial charge in [-0.1, -0.05) is 68.7 Å². The molecule has 7 heteroatoms. The van der Waals surface area contributed by atoms with E-state index in [0.717, 1.165) is 50.6 Å². The predicted octanol–water partition coefficient (Wildman–Crippen LogP) is 5.46. The molecule has 0 bridgehead atoms. The van der Waals surface area contributed by atoms with Crippen LogP contribution in [0.3, 0.4) is 0 Å². The topological polar surface area (TPSA) is 99.1 Å². The number of ether oxygens (including phenoxy) is 1. The van der Waals surface area contributed by atoms with Gasteiger partial charge in [0.2, 0.25) is 5.91 Å². The second-order valence-corrected chi connectivity index (χ2v) is 11.3. The number of benzene rings is 2. The Morgan fingerprint density at radius 1 is 1.00 bits per heavy atom. The third kappa shape index (κ3) is 6.82. The van der Waals surface area contributed by atoms with Crippen LogP contribution < -0.4 is 10.1 Å². The number of imide groups is 1. The van der Waals surface area contributed by atoms with Crippen molar-refractivity contribution in [3.05, 3.63) is 65.7 Å². The maximum absolute atomic E-state index is 12.5. The molecule has 4 rings (SSSR count). The van der Waals surface area contributed by atoms with Gasteiger partial charge in [-0.3, -0.25) is 15.0 Å². The Balaban J connectivity index is 1.30. The van der Waals surface area contributed by atoms with Crippen molar-refractivity contribution in [1.82, 2.24) is 10.2 Å². The van der Waals surface area contributed by atoms with Crippen molar-refractivity contribution in [2.75, 3.05) is 13.1 Å². The summed E-state index contributed by atoms with van der Waals surface area (Å²) in [6.07, 6.45) is 6.76. The van der Waals surface area contributed by atoms with Gasteiger partial charge in [-0.25, -0.2) is 4.79 Å². The summed E-state index contributed by atoms with van der Waals surface area (Å²) < 4.78 is 5.33. The van der Waals surface area contributed by atoms with Gasteiger partial charge in [-0.2, -0.15) is 0 Å². The van der Waals surface area contributed by atoms with E-state index in [1.165, 1.54) is 6.42 Å². The summed E-state index contributed by atoms with van der Waals surface area (Å²) in [5.41, 5.74) is 0.636. The Bertz CT molecular complexity index is 1070. The van der Waals surface area contributed by atoms with Gasteiger partial charge >= 0.3 is 6.09 Å². The van der Waals surface area contributed by atoms with Gasteiger partial charge in [0, 0.05) is 19.0 Å². The van der Waals surface area contributed by atoms with Crippen LogP contribution >= 0.6 is 0 Å². The van der Waals surface area contributed by atoms with Crippen LogP contribution in [-0.4, -0.2) is 46.2 Å². The fourth-order valence-electron chi connectivity index (χ4n) is 6.20. The fraction of sp³-hybridized carbons (Fsp3) is 0.548. The quantitative estimate of drug-likeness (QED) is 0.426. The second kappa shape index (κ2) is 12.4. The minimum absolute atomic E-state index is 0.0117. The number of rotatable bonds is 8. The zero-order valence-corrected chi connectivity index (χ0v) is 22.7. The second-order valence-electron chi connectivity index (χ2n) is 11.3. The summed E-state index contributed by atoms with van der Waals surface area (Å²) in [6, 6.07) is 16.2. The first-order chi connectivity index (χ1) is 18.2. The Morgan fingerprint density at radius 2 is 1.68 bits per heavy atom. The zero-order chi connectivity index (χ0) is 27.2. The van der Waals surface area contributed by atoms with Gasteiger partial charge < -0.3 is 14.9 Å². The van der Waals surface area contributed by atoms with Crippen molar-refractivity contribution in [1.29, 1.82) is 0 Å². The highest BCUT2D eigenvalue weighted by atomic mass is 16.6. The molecule has 7 nitrogen and oxygen atoms in total. The highest BCUT2D eigenvalue weighted by Gasteiger charge is 2.38. The number of hydrogen-bond acceptors (Lipinski definition) is 6. The number of hydrogen-bond donors (Lipinski definition) is 3. The minimum atomic E-state index is -0.941. The Morgan fingerprint density at radius 3 is 2.34 bits per heavy atom. The smallest absolute Gasteiger partial charge is 0.410 e. The number of aliphatic hydroxyl groups excluding tert-OH is 1. The molecule has 2 aromatic rings. The first-order valence-electron chi connectivity index (χ1n) is 14.1. The van der Waals surface area contributed by atoms with Crippen LogP contribution in [0.4, 0.5) is 4.79 Å². The molecule has 2 aliphatic rings. The van der Waals surface area contributed by atoms with Gasteiger partial charge in [0.05, 0.1) is 6.10 Å². The van der Waals surface area contributed by atoms with E-state index < -0.39 is 17.8 Å². The SMILES string of the molecule is CCC1(CC(=O)NC(=O)Oc2ccc(C(O)C(C)N3CCCC(O)(c4ccccc4)C3)cc2)CCCCC1. The number of nitrogens with zero attached hydrogens (tertiary/aromatic N) is 1. The molecule has 2 amide bonds. The van der Waals surface area contributed by atoms with Crippen molar-refractivity contribution in [2.45, 2.75) is 89.4 Å². The van der Waals surface area contributed by atoms with E-state index in [0.29, 0.717) is 30.7 Å². The third-order valence-electron chi connectivity index (χ3n) is 8.72. The van der Waals surface area contributed by atoms with Crippen LogP contribution in [0.25, 0.3) is 0 Å². The van der Waals surface area contributed by atoms with E-state index in [-0.39, 0.29) is 17.4 Å². The lowest BCUT2D eigenvalue weighted by Gasteiger charge is -2.43. The Kier molecular flexibility index (Phi) is 9.23. The molecule has 1 saturated heterocycles. The van der Waals surface area contributed by atoms with Crippen molar-refractivity contribution in [2.24, 2.45) is 5.41 Å². The van der Waals surface area contributed by atoms with E-state index in [9.17, 15) is 19.8 Å². The van der Waals surface area contributed by atoms with E-state index in [4.69, 9.17) is 4.74 Å². The normalized spacial score (nSPS) is 23.3.